The fourth-order valence-electron chi connectivity index (χ4n) is 1.89. The first-order valence-corrected chi connectivity index (χ1v) is 6.28. The van der Waals surface area contributed by atoms with Gasteiger partial charge in [0, 0.05) is 5.69 Å². The molecule has 0 aliphatic carbocycles. The number of hydrogen-bond donors (Lipinski definition) is 2. The summed E-state index contributed by atoms with van der Waals surface area (Å²) in [5, 5.41) is 5.79. The summed E-state index contributed by atoms with van der Waals surface area (Å²) in [5.74, 6) is 0. The zero-order chi connectivity index (χ0) is 13.7. The molecule has 0 aliphatic heterocycles. The van der Waals surface area contributed by atoms with Crippen LogP contribution in [0.15, 0.2) is 60.7 Å². The summed E-state index contributed by atoms with van der Waals surface area (Å²) < 4.78 is 0. The standard InChI is InChI=1S/C16H18N2O/c1-16(2,13-9-5-3-6-10-13)18-15(19)17-14-11-7-4-8-12-14/h3-12H,1-2H3,(H2,17,18,19). The maximum Gasteiger partial charge on any atom is 0.319 e. The van der Waals surface area contributed by atoms with Crippen LogP contribution in [-0.2, 0) is 5.54 Å². The Kier molecular flexibility index (Phi) is 3.85. The quantitative estimate of drug-likeness (QED) is 0.860. The molecule has 0 heterocycles. The van der Waals surface area contributed by atoms with Crippen molar-refractivity contribution in [3.8, 4) is 0 Å². The molecule has 0 unspecified atom stereocenters. The number of urea groups is 1. The van der Waals surface area contributed by atoms with Gasteiger partial charge in [0.1, 0.15) is 0 Å². The predicted molar refractivity (Wildman–Crippen MR) is 78.1 cm³/mol. The Balaban J connectivity index is 2.02. The van der Waals surface area contributed by atoms with Crippen LogP contribution in [0.4, 0.5) is 10.5 Å². The van der Waals surface area contributed by atoms with Crippen LogP contribution in [-0.4, -0.2) is 6.03 Å². The van der Waals surface area contributed by atoms with Crippen LogP contribution in [0.3, 0.4) is 0 Å². The molecule has 2 N–H and O–H groups in total. The Labute approximate surface area is 113 Å². The van der Waals surface area contributed by atoms with E-state index in [1.807, 2.05) is 74.5 Å². The number of para-hydroxylation sites is 1. The third-order valence-corrected chi connectivity index (χ3v) is 2.95. The normalized spacial score (nSPS) is 10.8. The van der Waals surface area contributed by atoms with Gasteiger partial charge in [-0.2, -0.15) is 0 Å². The van der Waals surface area contributed by atoms with Gasteiger partial charge in [-0.25, -0.2) is 4.79 Å². The summed E-state index contributed by atoms with van der Waals surface area (Å²) in [6.45, 7) is 3.96. The van der Waals surface area contributed by atoms with Crippen molar-refractivity contribution in [3.63, 3.8) is 0 Å². The van der Waals surface area contributed by atoms with Crippen LogP contribution in [0.25, 0.3) is 0 Å². The summed E-state index contributed by atoms with van der Waals surface area (Å²) in [7, 11) is 0. The topological polar surface area (TPSA) is 41.1 Å². The second kappa shape index (κ2) is 5.57. The van der Waals surface area contributed by atoms with Gasteiger partial charge in [0.25, 0.3) is 0 Å². The molecule has 0 atom stereocenters. The van der Waals surface area contributed by atoms with Crippen LogP contribution in [0.5, 0.6) is 0 Å². The average Bonchev–Trinajstić information content (AvgIpc) is 2.40. The maximum atomic E-state index is 12.0. The molecule has 3 heteroatoms. The number of amides is 2. The molecule has 0 bridgehead atoms. The summed E-state index contributed by atoms with van der Waals surface area (Å²) >= 11 is 0. The molecule has 2 amide bonds. The van der Waals surface area contributed by atoms with Crippen molar-refractivity contribution >= 4 is 11.7 Å². The van der Waals surface area contributed by atoms with Crippen molar-refractivity contribution in [2.45, 2.75) is 19.4 Å². The van der Waals surface area contributed by atoms with E-state index in [9.17, 15) is 4.79 Å². The van der Waals surface area contributed by atoms with E-state index in [4.69, 9.17) is 0 Å². The predicted octanol–water partition coefficient (Wildman–Crippen LogP) is 3.74. The molecule has 19 heavy (non-hydrogen) atoms. The number of carbonyl (C=O) groups excluding carboxylic acids is 1. The first-order valence-electron chi connectivity index (χ1n) is 6.28. The van der Waals surface area contributed by atoms with E-state index in [1.165, 1.54) is 0 Å². The second-order valence-corrected chi connectivity index (χ2v) is 4.94. The Hall–Kier alpha value is -2.29. The molecule has 0 aliphatic rings. The lowest BCUT2D eigenvalue weighted by atomic mass is 9.95. The Morgan fingerprint density at radius 1 is 0.895 bits per heavy atom. The molecule has 0 radical (unpaired) electrons. The summed E-state index contributed by atoms with van der Waals surface area (Å²) in [5.41, 5.74) is 1.43. The van der Waals surface area contributed by atoms with Crippen molar-refractivity contribution < 1.29 is 4.79 Å². The second-order valence-electron chi connectivity index (χ2n) is 4.94. The van der Waals surface area contributed by atoms with E-state index in [0.717, 1.165) is 11.3 Å². The number of anilines is 1. The first kappa shape index (κ1) is 13.1. The molecule has 0 aromatic heterocycles. The summed E-state index contributed by atoms with van der Waals surface area (Å²) in [6.07, 6.45) is 0. The van der Waals surface area contributed by atoms with Gasteiger partial charge in [0.15, 0.2) is 0 Å². The van der Waals surface area contributed by atoms with E-state index in [2.05, 4.69) is 10.6 Å². The smallest absolute Gasteiger partial charge is 0.319 e. The lowest BCUT2D eigenvalue weighted by Crippen LogP contribution is -2.43. The van der Waals surface area contributed by atoms with Gasteiger partial charge >= 0.3 is 6.03 Å². The molecule has 3 nitrogen and oxygen atoms in total. The number of benzene rings is 2. The highest BCUT2D eigenvalue weighted by Gasteiger charge is 2.22. The van der Waals surface area contributed by atoms with Gasteiger partial charge in [-0.05, 0) is 31.5 Å². The van der Waals surface area contributed by atoms with Gasteiger partial charge in [0.2, 0.25) is 0 Å². The Bertz CT molecular complexity index is 535. The fourth-order valence-corrected chi connectivity index (χ4v) is 1.89. The third kappa shape index (κ3) is 3.58. The third-order valence-electron chi connectivity index (χ3n) is 2.95. The van der Waals surface area contributed by atoms with Crippen LogP contribution >= 0.6 is 0 Å². The van der Waals surface area contributed by atoms with Crippen molar-refractivity contribution in [2.24, 2.45) is 0 Å². The lowest BCUT2D eigenvalue weighted by Gasteiger charge is -2.27. The highest BCUT2D eigenvalue weighted by molar-refractivity contribution is 5.89. The molecule has 0 fully saturated rings. The minimum Gasteiger partial charge on any atom is -0.329 e. The number of nitrogens with one attached hydrogen (secondary N) is 2. The molecular weight excluding hydrogens is 236 g/mol. The van der Waals surface area contributed by atoms with Gasteiger partial charge in [0.05, 0.1) is 5.54 Å². The van der Waals surface area contributed by atoms with Crippen molar-refractivity contribution in [1.82, 2.24) is 5.32 Å². The summed E-state index contributed by atoms with van der Waals surface area (Å²) in [4.78, 5) is 12.0. The molecule has 2 rings (SSSR count). The minimum absolute atomic E-state index is 0.208. The summed E-state index contributed by atoms with van der Waals surface area (Å²) in [6, 6.07) is 19.1. The Morgan fingerprint density at radius 2 is 1.42 bits per heavy atom. The Morgan fingerprint density at radius 3 is 2.00 bits per heavy atom. The molecule has 2 aromatic carbocycles. The largest absolute Gasteiger partial charge is 0.329 e. The van der Waals surface area contributed by atoms with E-state index < -0.39 is 5.54 Å². The van der Waals surface area contributed by atoms with Crippen LogP contribution < -0.4 is 10.6 Å². The average molecular weight is 254 g/mol. The zero-order valence-electron chi connectivity index (χ0n) is 11.2. The number of hydrogen-bond acceptors (Lipinski definition) is 1. The van der Waals surface area contributed by atoms with E-state index in [-0.39, 0.29) is 6.03 Å². The van der Waals surface area contributed by atoms with Crippen LogP contribution in [0, 0.1) is 0 Å². The van der Waals surface area contributed by atoms with Gasteiger partial charge in [-0.1, -0.05) is 48.5 Å². The van der Waals surface area contributed by atoms with Gasteiger partial charge < -0.3 is 10.6 Å². The van der Waals surface area contributed by atoms with Crippen molar-refractivity contribution in [2.75, 3.05) is 5.32 Å². The SMILES string of the molecule is CC(C)(NC(=O)Nc1ccccc1)c1ccccc1. The van der Waals surface area contributed by atoms with Crippen molar-refractivity contribution in [3.05, 3.63) is 66.2 Å². The van der Waals surface area contributed by atoms with Crippen LogP contribution in [0.1, 0.15) is 19.4 Å². The molecule has 0 saturated carbocycles. The molecule has 0 saturated heterocycles. The van der Waals surface area contributed by atoms with E-state index >= 15 is 0 Å². The maximum absolute atomic E-state index is 12.0. The van der Waals surface area contributed by atoms with Gasteiger partial charge in [-0.15, -0.1) is 0 Å². The number of carbonyl (C=O) groups is 1. The molecule has 2 aromatic rings. The van der Waals surface area contributed by atoms with Gasteiger partial charge in [-0.3, -0.25) is 0 Å². The van der Waals surface area contributed by atoms with Crippen molar-refractivity contribution in [1.29, 1.82) is 0 Å². The monoisotopic (exact) mass is 254 g/mol. The highest BCUT2D eigenvalue weighted by Crippen LogP contribution is 2.19. The molecule has 0 spiro atoms. The fraction of sp³-hybridized carbons (Fsp3) is 0.188. The molecule has 98 valence electrons. The number of rotatable bonds is 3. The highest BCUT2D eigenvalue weighted by atomic mass is 16.2. The molecular formula is C16H18N2O. The minimum atomic E-state index is -0.417. The van der Waals surface area contributed by atoms with Crippen LogP contribution in [0.2, 0.25) is 0 Å². The van der Waals surface area contributed by atoms with E-state index in [0.29, 0.717) is 0 Å². The lowest BCUT2D eigenvalue weighted by molar-refractivity contribution is 0.242. The first-order chi connectivity index (χ1) is 9.08. The zero-order valence-corrected chi connectivity index (χ0v) is 11.2. The van der Waals surface area contributed by atoms with E-state index in [1.54, 1.807) is 0 Å².